The molecule has 2 rings (SSSR count). The standard InChI is InChI=1S/C18H23N5O2.2CH4O3S/c19-17(20)14-6-5-13-11-15(8-7-12(13)10-14)25-16(24)4-2-1-3-9-23-18(21)22;2*1-5(2,3)4/h5-8,10-11H,1-4,9H2,(H3,19,20)(H4,21,22,23);2*1H3,(H,2,3,4). The number of amidine groups is 1. The molecule has 0 aliphatic rings. The minimum atomic E-state index is -3.67. The number of nitrogens with two attached hydrogens (primary N) is 2. The molecule has 196 valence electrons. The first kappa shape index (κ1) is 31.7. The fourth-order valence-electron chi connectivity index (χ4n) is 2.43. The van der Waals surface area contributed by atoms with Crippen LogP contribution in [0.2, 0.25) is 0 Å². The van der Waals surface area contributed by atoms with Gasteiger partial charge in [0.05, 0.1) is 12.5 Å². The molecule has 35 heavy (non-hydrogen) atoms. The monoisotopic (exact) mass is 533 g/mol. The molecule has 15 heteroatoms. The summed E-state index contributed by atoms with van der Waals surface area (Å²) >= 11 is 0. The Morgan fingerprint density at radius 3 is 1.94 bits per heavy atom. The number of esters is 1. The molecule has 0 amide bonds. The highest BCUT2D eigenvalue weighted by atomic mass is 32.2. The van der Waals surface area contributed by atoms with Gasteiger partial charge in [-0.2, -0.15) is 16.8 Å². The molecular formula is C20H31N5O8S2. The lowest BCUT2D eigenvalue weighted by Crippen LogP contribution is -2.30. The predicted molar refractivity (Wildman–Crippen MR) is 134 cm³/mol. The molecule has 13 nitrogen and oxygen atoms in total. The number of rotatable bonds is 8. The van der Waals surface area contributed by atoms with Crippen LogP contribution >= 0.6 is 0 Å². The summed E-state index contributed by atoms with van der Waals surface area (Å²) in [4.78, 5) is 11.9. The first-order valence-corrected chi connectivity index (χ1v) is 13.7. The molecule has 0 aliphatic carbocycles. The van der Waals surface area contributed by atoms with Gasteiger partial charge in [-0.15, -0.1) is 0 Å². The third kappa shape index (κ3) is 19.9. The van der Waals surface area contributed by atoms with E-state index in [-0.39, 0.29) is 17.8 Å². The van der Waals surface area contributed by atoms with Crippen LogP contribution in [0.3, 0.4) is 0 Å². The Bertz CT molecular complexity index is 1190. The molecule has 0 heterocycles. The Morgan fingerprint density at radius 1 is 0.914 bits per heavy atom. The number of nitrogens with one attached hydrogen (secondary N) is 3. The second kappa shape index (κ2) is 14.9. The van der Waals surface area contributed by atoms with Crippen LogP contribution in [-0.2, 0) is 25.0 Å². The van der Waals surface area contributed by atoms with Crippen LogP contribution in [0.25, 0.3) is 10.8 Å². The summed E-state index contributed by atoms with van der Waals surface area (Å²) < 4.78 is 57.1. The van der Waals surface area contributed by atoms with Crippen molar-refractivity contribution < 1.29 is 35.5 Å². The Balaban J connectivity index is 0.000000975. The number of unbranched alkanes of at least 4 members (excludes halogenated alkanes) is 2. The highest BCUT2D eigenvalue weighted by molar-refractivity contribution is 7.85. The fourth-order valence-corrected chi connectivity index (χ4v) is 2.43. The molecule has 0 bridgehead atoms. The Hall–Kier alpha value is -3.27. The maximum absolute atomic E-state index is 11.9. The van der Waals surface area contributed by atoms with Gasteiger partial charge in [-0.25, -0.2) is 0 Å². The van der Waals surface area contributed by atoms with Gasteiger partial charge in [0.2, 0.25) is 0 Å². The largest absolute Gasteiger partial charge is 0.427 e. The van der Waals surface area contributed by atoms with E-state index in [1.54, 1.807) is 18.2 Å². The lowest BCUT2D eigenvalue weighted by molar-refractivity contribution is -0.134. The zero-order valence-corrected chi connectivity index (χ0v) is 20.9. The summed E-state index contributed by atoms with van der Waals surface area (Å²) in [5.41, 5.74) is 11.3. The summed E-state index contributed by atoms with van der Waals surface area (Å²) in [6.45, 7) is 0.636. The number of carbonyl (C=O) groups excluding carboxylic acids is 1. The van der Waals surface area contributed by atoms with Crippen LogP contribution in [-0.4, -0.2) is 62.8 Å². The molecule has 0 fully saturated rings. The van der Waals surface area contributed by atoms with Crippen molar-refractivity contribution in [1.82, 2.24) is 5.32 Å². The molecule has 0 aromatic heterocycles. The van der Waals surface area contributed by atoms with Crippen molar-refractivity contribution in [1.29, 1.82) is 10.8 Å². The van der Waals surface area contributed by atoms with Gasteiger partial charge in [-0.05, 0) is 41.8 Å². The molecule has 2 aromatic rings. The van der Waals surface area contributed by atoms with Crippen molar-refractivity contribution in [3.05, 3.63) is 42.0 Å². The second-order valence-electron chi connectivity index (χ2n) is 7.23. The molecule has 0 saturated heterocycles. The zero-order valence-electron chi connectivity index (χ0n) is 19.3. The summed E-state index contributed by atoms with van der Waals surface area (Å²) in [6.07, 6.45) is 4.22. The van der Waals surface area contributed by atoms with E-state index < -0.39 is 20.2 Å². The summed E-state index contributed by atoms with van der Waals surface area (Å²) in [5.74, 6) is 0.229. The molecule has 2 aromatic carbocycles. The molecular weight excluding hydrogens is 502 g/mol. The van der Waals surface area contributed by atoms with E-state index in [1.807, 2.05) is 18.2 Å². The number of hydrogen-bond acceptors (Lipinski definition) is 8. The second-order valence-corrected chi connectivity index (χ2v) is 10.2. The number of guanidine groups is 1. The van der Waals surface area contributed by atoms with E-state index in [4.69, 9.17) is 36.1 Å². The quantitative estimate of drug-likeness (QED) is 0.0631. The van der Waals surface area contributed by atoms with Gasteiger partial charge in [0.1, 0.15) is 11.6 Å². The average molecular weight is 534 g/mol. The molecule has 0 saturated carbocycles. The van der Waals surface area contributed by atoms with E-state index in [1.165, 1.54) is 0 Å². The lowest BCUT2D eigenvalue weighted by Gasteiger charge is -2.07. The Kier molecular flexibility index (Phi) is 13.5. The molecule has 0 unspecified atom stereocenters. The van der Waals surface area contributed by atoms with Crippen molar-refractivity contribution in [2.24, 2.45) is 11.5 Å². The number of benzene rings is 2. The van der Waals surface area contributed by atoms with E-state index in [0.29, 0.717) is 36.8 Å². The van der Waals surface area contributed by atoms with Crippen LogP contribution in [0.4, 0.5) is 0 Å². The molecule has 0 spiro atoms. The Labute approximate surface area is 204 Å². The van der Waals surface area contributed by atoms with Crippen LogP contribution < -0.4 is 21.5 Å². The topological polar surface area (TPSA) is 247 Å². The first-order valence-electron chi connectivity index (χ1n) is 9.97. The van der Waals surface area contributed by atoms with Gasteiger partial charge >= 0.3 is 5.97 Å². The van der Waals surface area contributed by atoms with Gasteiger partial charge in [0.15, 0.2) is 5.96 Å². The minimum Gasteiger partial charge on any atom is -0.427 e. The molecule has 0 radical (unpaired) electrons. The summed E-state index contributed by atoms with van der Waals surface area (Å²) in [7, 11) is -7.33. The minimum absolute atomic E-state index is 0.0240. The predicted octanol–water partition coefficient (Wildman–Crippen LogP) is 1.08. The number of carbonyl (C=O) groups is 1. The van der Waals surface area contributed by atoms with Gasteiger partial charge in [-0.3, -0.25) is 24.7 Å². The first-order chi connectivity index (χ1) is 16.0. The van der Waals surface area contributed by atoms with Crippen molar-refractivity contribution in [3.63, 3.8) is 0 Å². The van der Waals surface area contributed by atoms with Crippen LogP contribution in [0.1, 0.15) is 31.2 Å². The third-order valence-corrected chi connectivity index (χ3v) is 3.73. The average Bonchev–Trinajstić information content (AvgIpc) is 2.67. The Morgan fingerprint density at radius 2 is 1.43 bits per heavy atom. The normalized spacial score (nSPS) is 10.7. The van der Waals surface area contributed by atoms with Crippen LogP contribution in [0.15, 0.2) is 36.4 Å². The molecule has 9 N–H and O–H groups in total. The van der Waals surface area contributed by atoms with E-state index in [2.05, 4.69) is 5.32 Å². The lowest BCUT2D eigenvalue weighted by atomic mass is 10.1. The van der Waals surface area contributed by atoms with E-state index in [9.17, 15) is 21.6 Å². The number of nitrogen functional groups attached to an aromatic ring is 1. The fraction of sp³-hybridized carbons (Fsp3) is 0.350. The maximum atomic E-state index is 11.9. The highest BCUT2D eigenvalue weighted by Gasteiger charge is 2.06. The van der Waals surface area contributed by atoms with Gasteiger partial charge in [0.25, 0.3) is 20.2 Å². The maximum Gasteiger partial charge on any atom is 0.311 e. The van der Waals surface area contributed by atoms with Crippen molar-refractivity contribution >= 4 is 48.8 Å². The van der Waals surface area contributed by atoms with E-state index in [0.717, 1.165) is 30.0 Å². The number of hydrogen-bond donors (Lipinski definition) is 7. The van der Waals surface area contributed by atoms with E-state index >= 15 is 0 Å². The van der Waals surface area contributed by atoms with Crippen LogP contribution in [0, 0.1) is 10.8 Å². The van der Waals surface area contributed by atoms with Crippen molar-refractivity contribution in [2.45, 2.75) is 25.7 Å². The van der Waals surface area contributed by atoms with Gasteiger partial charge < -0.3 is 21.5 Å². The number of fused-ring (bicyclic) bond motifs is 1. The van der Waals surface area contributed by atoms with Crippen molar-refractivity contribution in [2.75, 3.05) is 19.1 Å². The smallest absolute Gasteiger partial charge is 0.311 e. The number of ether oxygens (including phenoxy) is 1. The SMILES string of the molecule is CS(=O)(=O)O.CS(=O)(=O)O.N=C(N)NCCCCCC(=O)Oc1ccc2cc(C(=N)N)ccc2c1. The van der Waals surface area contributed by atoms with Crippen LogP contribution in [0.5, 0.6) is 5.75 Å². The summed E-state index contributed by atoms with van der Waals surface area (Å²) in [6, 6.07) is 10.8. The highest BCUT2D eigenvalue weighted by Crippen LogP contribution is 2.22. The van der Waals surface area contributed by atoms with Gasteiger partial charge in [0, 0.05) is 18.5 Å². The summed E-state index contributed by atoms with van der Waals surface area (Å²) in [5, 5.41) is 19.1. The third-order valence-electron chi connectivity index (χ3n) is 3.73. The molecule has 0 aliphatic heterocycles. The van der Waals surface area contributed by atoms with Gasteiger partial charge in [-0.1, -0.05) is 24.6 Å². The zero-order chi connectivity index (χ0) is 27.2. The molecule has 0 atom stereocenters. The van der Waals surface area contributed by atoms with Crippen molar-refractivity contribution in [3.8, 4) is 5.75 Å².